The minimum atomic E-state index is -0.402. The number of fused-ring (bicyclic) bond motifs is 1. The fraction of sp³-hybridized carbons (Fsp3) is 0.214. The minimum Gasteiger partial charge on any atom is -0.461 e. The van der Waals surface area contributed by atoms with Gasteiger partial charge in [-0.3, -0.25) is 0 Å². The third-order valence-electron chi connectivity index (χ3n) is 2.80. The molecular weight excluding hydrogens is 338 g/mol. The second kappa shape index (κ2) is 6.64. The van der Waals surface area contributed by atoms with E-state index in [1.807, 2.05) is 12.3 Å². The topological polar surface area (TPSA) is 64.1 Å². The molecule has 0 aliphatic carbocycles. The number of nitrogens with zero attached hydrogens (tertiary/aromatic N) is 2. The van der Waals surface area contributed by atoms with E-state index >= 15 is 0 Å². The summed E-state index contributed by atoms with van der Waals surface area (Å²) in [6.07, 6.45) is 2.05. The monoisotopic (exact) mass is 351 g/mol. The van der Waals surface area contributed by atoms with E-state index in [9.17, 15) is 4.79 Å². The molecule has 3 rings (SSSR count). The Bertz CT molecular complexity index is 813. The van der Waals surface area contributed by atoms with Crippen LogP contribution >= 0.6 is 34.4 Å². The van der Waals surface area contributed by atoms with Crippen LogP contribution in [0, 0.1) is 0 Å². The highest BCUT2D eigenvalue weighted by atomic mass is 32.2. The molecule has 0 unspecified atom stereocenters. The predicted molar refractivity (Wildman–Crippen MR) is 92.8 cm³/mol. The number of hydrogen-bond donors (Lipinski definition) is 1. The van der Waals surface area contributed by atoms with Gasteiger partial charge in [-0.25, -0.2) is 14.8 Å². The maximum atomic E-state index is 11.6. The molecule has 0 amide bonds. The number of aromatic nitrogens is 2. The Morgan fingerprint density at radius 2 is 2.23 bits per heavy atom. The number of esters is 1. The lowest BCUT2D eigenvalue weighted by Gasteiger charge is -1.97. The normalized spacial score (nSPS) is 10.8. The van der Waals surface area contributed by atoms with E-state index in [4.69, 9.17) is 4.74 Å². The summed E-state index contributed by atoms with van der Waals surface area (Å²) < 4.78 is 6.05. The van der Waals surface area contributed by atoms with Crippen LogP contribution in [-0.4, -0.2) is 28.8 Å². The molecule has 2 aromatic heterocycles. The van der Waals surface area contributed by atoms with Crippen LogP contribution in [0.2, 0.25) is 0 Å². The fourth-order valence-corrected chi connectivity index (χ4v) is 3.97. The van der Waals surface area contributed by atoms with Crippen molar-refractivity contribution in [2.24, 2.45) is 0 Å². The number of nitrogens with one attached hydrogen (secondary N) is 1. The van der Waals surface area contributed by atoms with E-state index in [1.54, 1.807) is 35.4 Å². The van der Waals surface area contributed by atoms with Gasteiger partial charge in [0.25, 0.3) is 0 Å². The van der Waals surface area contributed by atoms with Crippen molar-refractivity contribution >= 4 is 60.9 Å². The number of anilines is 2. The second-order valence-corrected chi connectivity index (χ2v) is 7.00. The number of thiazole rings is 2. The molecule has 0 saturated heterocycles. The summed E-state index contributed by atoms with van der Waals surface area (Å²) in [6, 6.07) is 6.18. The Labute approximate surface area is 139 Å². The third kappa shape index (κ3) is 3.23. The molecule has 8 heteroatoms. The van der Waals surface area contributed by atoms with Gasteiger partial charge >= 0.3 is 5.97 Å². The van der Waals surface area contributed by atoms with Crippen molar-refractivity contribution in [3.63, 3.8) is 0 Å². The molecule has 1 aromatic carbocycles. The van der Waals surface area contributed by atoms with Gasteiger partial charge in [-0.05, 0) is 31.4 Å². The Kier molecular flexibility index (Phi) is 4.60. The summed E-state index contributed by atoms with van der Waals surface area (Å²) in [5.74, 6) is -0.402. The van der Waals surface area contributed by atoms with Crippen LogP contribution in [0.25, 0.3) is 10.2 Å². The Morgan fingerprint density at radius 3 is 3.00 bits per heavy atom. The summed E-state index contributed by atoms with van der Waals surface area (Å²) in [5.41, 5.74) is 1.27. The Hall–Kier alpha value is -1.64. The molecule has 114 valence electrons. The number of carbonyl (C=O) groups excluding carboxylic acids is 1. The second-order valence-electron chi connectivity index (χ2n) is 4.24. The number of hydrogen-bond acceptors (Lipinski definition) is 8. The van der Waals surface area contributed by atoms with Crippen LogP contribution in [0.15, 0.2) is 28.5 Å². The van der Waals surface area contributed by atoms with Crippen LogP contribution in [-0.2, 0) is 4.74 Å². The van der Waals surface area contributed by atoms with E-state index in [-0.39, 0.29) is 0 Å². The van der Waals surface area contributed by atoms with Crippen molar-refractivity contribution < 1.29 is 9.53 Å². The lowest BCUT2D eigenvalue weighted by atomic mass is 10.3. The largest absolute Gasteiger partial charge is 0.461 e. The molecule has 0 saturated carbocycles. The number of benzene rings is 1. The van der Waals surface area contributed by atoms with Gasteiger partial charge in [0.1, 0.15) is 0 Å². The first-order valence-electron chi connectivity index (χ1n) is 6.54. The average Bonchev–Trinajstić information content (AvgIpc) is 3.13. The van der Waals surface area contributed by atoms with Crippen molar-refractivity contribution in [1.29, 1.82) is 0 Å². The molecule has 3 aromatic rings. The highest BCUT2D eigenvalue weighted by Gasteiger charge is 2.13. The highest BCUT2D eigenvalue weighted by Crippen LogP contribution is 2.31. The lowest BCUT2D eigenvalue weighted by molar-refractivity contribution is 0.0520. The molecule has 22 heavy (non-hydrogen) atoms. The summed E-state index contributed by atoms with van der Waals surface area (Å²) in [5, 5.41) is 6.22. The maximum Gasteiger partial charge on any atom is 0.357 e. The Morgan fingerprint density at radius 1 is 1.36 bits per heavy atom. The van der Waals surface area contributed by atoms with Crippen LogP contribution in [0.3, 0.4) is 0 Å². The molecule has 5 nitrogen and oxygen atoms in total. The van der Waals surface area contributed by atoms with Crippen LogP contribution < -0.4 is 5.32 Å². The number of ether oxygens (including phenoxy) is 1. The van der Waals surface area contributed by atoms with E-state index < -0.39 is 5.97 Å². The highest BCUT2D eigenvalue weighted by molar-refractivity contribution is 7.98. The van der Waals surface area contributed by atoms with Gasteiger partial charge < -0.3 is 10.1 Å². The number of carbonyl (C=O) groups is 1. The summed E-state index contributed by atoms with van der Waals surface area (Å²) in [6.45, 7) is 2.11. The van der Waals surface area contributed by atoms with Gasteiger partial charge in [0, 0.05) is 10.3 Å². The standard InChI is InChI=1S/C14H13N3O2S3/c1-3-19-12(18)10-7-21-13(16-10)17-14-15-9-5-4-8(20-2)6-11(9)22-14/h4-7H,3H2,1-2H3,(H,15,16,17). The molecule has 0 bridgehead atoms. The zero-order valence-corrected chi connectivity index (χ0v) is 14.4. The first-order valence-corrected chi connectivity index (χ1v) is 9.46. The molecular formula is C14H13N3O2S3. The molecule has 2 heterocycles. The first kappa shape index (κ1) is 15.3. The van der Waals surface area contributed by atoms with Crippen LogP contribution in [0.1, 0.15) is 17.4 Å². The van der Waals surface area contributed by atoms with Gasteiger partial charge in [-0.15, -0.1) is 23.1 Å². The van der Waals surface area contributed by atoms with E-state index in [0.717, 1.165) is 15.3 Å². The van der Waals surface area contributed by atoms with Gasteiger partial charge in [-0.2, -0.15) is 0 Å². The average molecular weight is 351 g/mol. The maximum absolute atomic E-state index is 11.6. The predicted octanol–water partition coefficient (Wildman–Crippen LogP) is 4.40. The van der Waals surface area contributed by atoms with E-state index in [0.29, 0.717) is 17.4 Å². The number of rotatable bonds is 5. The number of thioether (sulfide) groups is 1. The van der Waals surface area contributed by atoms with Crippen LogP contribution in [0.4, 0.5) is 10.3 Å². The molecule has 0 aliphatic rings. The smallest absolute Gasteiger partial charge is 0.357 e. The van der Waals surface area contributed by atoms with E-state index in [2.05, 4.69) is 27.4 Å². The molecule has 1 N–H and O–H groups in total. The molecule has 0 fully saturated rings. The van der Waals surface area contributed by atoms with Crippen molar-refractivity contribution in [2.75, 3.05) is 18.2 Å². The van der Waals surface area contributed by atoms with Crippen molar-refractivity contribution in [3.8, 4) is 0 Å². The fourth-order valence-electron chi connectivity index (χ4n) is 1.81. The van der Waals surface area contributed by atoms with Crippen molar-refractivity contribution in [3.05, 3.63) is 29.3 Å². The van der Waals surface area contributed by atoms with Gasteiger partial charge in [0.05, 0.1) is 16.8 Å². The molecule has 0 atom stereocenters. The molecule has 0 radical (unpaired) electrons. The van der Waals surface area contributed by atoms with Crippen molar-refractivity contribution in [2.45, 2.75) is 11.8 Å². The zero-order valence-electron chi connectivity index (χ0n) is 12.0. The van der Waals surface area contributed by atoms with Gasteiger partial charge in [-0.1, -0.05) is 11.3 Å². The van der Waals surface area contributed by atoms with E-state index in [1.165, 1.54) is 16.2 Å². The lowest BCUT2D eigenvalue weighted by Crippen LogP contribution is -2.04. The molecule has 0 aliphatic heterocycles. The summed E-state index contributed by atoms with van der Waals surface area (Å²) >= 11 is 4.62. The third-order valence-corrected chi connectivity index (χ3v) is 5.21. The van der Waals surface area contributed by atoms with Crippen molar-refractivity contribution in [1.82, 2.24) is 9.97 Å². The first-order chi connectivity index (χ1) is 10.7. The summed E-state index contributed by atoms with van der Waals surface area (Å²) in [7, 11) is 0. The van der Waals surface area contributed by atoms with Gasteiger partial charge in [0.15, 0.2) is 16.0 Å². The molecule has 0 spiro atoms. The minimum absolute atomic E-state index is 0.320. The van der Waals surface area contributed by atoms with Gasteiger partial charge in [0.2, 0.25) is 0 Å². The summed E-state index contributed by atoms with van der Waals surface area (Å²) in [4.78, 5) is 21.6. The Balaban J connectivity index is 1.79. The SMILES string of the molecule is CCOC(=O)c1csc(Nc2nc3ccc(SC)cc3s2)n1. The zero-order chi connectivity index (χ0) is 15.5. The quantitative estimate of drug-likeness (QED) is 0.543. The van der Waals surface area contributed by atoms with Crippen LogP contribution in [0.5, 0.6) is 0 Å².